The SMILES string of the molecule is CC.CN1CCC2CCN(C(=O)OC(C)(C)C)C2C1. The maximum atomic E-state index is 12.1. The Kier molecular flexibility index (Phi) is 5.65. The fourth-order valence-corrected chi connectivity index (χ4v) is 2.85. The topological polar surface area (TPSA) is 32.8 Å². The van der Waals surface area contributed by atoms with E-state index in [0.29, 0.717) is 12.0 Å². The summed E-state index contributed by atoms with van der Waals surface area (Å²) in [5.74, 6) is 0.679. The first-order valence-electron chi connectivity index (χ1n) is 7.55. The summed E-state index contributed by atoms with van der Waals surface area (Å²) in [5, 5.41) is 0. The Morgan fingerprint density at radius 2 is 1.74 bits per heavy atom. The summed E-state index contributed by atoms with van der Waals surface area (Å²) in [6, 6.07) is 0.364. The van der Waals surface area contributed by atoms with Gasteiger partial charge in [-0.05, 0) is 53.1 Å². The van der Waals surface area contributed by atoms with Crippen molar-refractivity contribution in [3.8, 4) is 0 Å². The number of fused-ring (bicyclic) bond motifs is 1. The molecular formula is C15H30N2O2. The second-order valence-corrected chi connectivity index (χ2v) is 6.34. The molecule has 4 nitrogen and oxygen atoms in total. The second kappa shape index (κ2) is 6.60. The van der Waals surface area contributed by atoms with E-state index in [1.165, 1.54) is 6.42 Å². The molecule has 4 heteroatoms. The molecular weight excluding hydrogens is 240 g/mol. The minimum Gasteiger partial charge on any atom is -0.444 e. The zero-order valence-corrected chi connectivity index (χ0v) is 13.4. The molecule has 0 aromatic rings. The van der Waals surface area contributed by atoms with E-state index in [4.69, 9.17) is 4.74 Å². The van der Waals surface area contributed by atoms with Gasteiger partial charge >= 0.3 is 6.09 Å². The first-order valence-corrected chi connectivity index (χ1v) is 7.55. The van der Waals surface area contributed by atoms with E-state index in [9.17, 15) is 4.79 Å². The van der Waals surface area contributed by atoms with Crippen LogP contribution in [-0.2, 0) is 4.74 Å². The average molecular weight is 270 g/mol. The molecule has 2 atom stereocenters. The van der Waals surface area contributed by atoms with Gasteiger partial charge in [-0.2, -0.15) is 0 Å². The lowest BCUT2D eigenvalue weighted by atomic mass is 9.92. The van der Waals surface area contributed by atoms with Crippen molar-refractivity contribution in [2.45, 2.75) is 59.1 Å². The molecule has 0 aromatic heterocycles. The molecule has 2 fully saturated rings. The van der Waals surface area contributed by atoms with Gasteiger partial charge in [0.2, 0.25) is 0 Å². The molecule has 0 aromatic carbocycles. The summed E-state index contributed by atoms with van der Waals surface area (Å²) in [7, 11) is 2.13. The number of ether oxygens (including phenoxy) is 1. The lowest BCUT2D eigenvalue weighted by Crippen LogP contribution is -2.49. The lowest BCUT2D eigenvalue weighted by molar-refractivity contribution is 0.0143. The summed E-state index contributed by atoms with van der Waals surface area (Å²) < 4.78 is 5.47. The van der Waals surface area contributed by atoms with E-state index in [1.807, 2.05) is 39.5 Å². The summed E-state index contributed by atoms with van der Waals surface area (Å²) in [4.78, 5) is 16.4. The van der Waals surface area contributed by atoms with Gasteiger partial charge in [-0.15, -0.1) is 0 Å². The van der Waals surface area contributed by atoms with Crippen LogP contribution in [0.2, 0.25) is 0 Å². The highest BCUT2D eigenvalue weighted by atomic mass is 16.6. The number of hydrogen-bond donors (Lipinski definition) is 0. The van der Waals surface area contributed by atoms with Crippen molar-refractivity contribution in [3.63, 3.8) is 0 Å². The minimum atomic E-state index is -0.393. The van der Waals surface area contributed by atoms with Crippen molar-refractivity contribution in [1.29, 1.82) is 0 Å². The van der Waals surface area contributed by atoms with Crippen LogP contribution < -0.4 is 0 Å². The number of nitrogens with zero attached hydrogens (tertiary/aromatic N) is 2. The van der Waals surface area contributed by atoms with Crippen LogP contribution >= 0.6 is 0 Å². The van der Waals surface area contributed by atoms with Gasteiger partial charge in [0.05, 0.1) is 6.04 Å². The molecule has 2 saturated heterocycles. The smallest absolute Gasteiger partial charge is 0.410 e. The standard InChI is InChI=1S/C13H24N2O2.C2H6/c1-13(2,3)17-12(16)15-8-6-10-5-7-14(4)9-11(10)15;1-2/h10-11H,5-9H2,1-4H3;1-2H3. The number of carbonyl (C=O) groups is 1. The Morgan fingerprint density at radius 1 is 1.16 bits per heavy atom. The number of rotatable bonds is 0. The van der Waals surface area contributed by atoms with Gasteiger partial charge in [0.1, 0.15) is 5.60 Å². The van der Waals surface area contributed by atoms with Crippen LogP contribution in [0.25, 0.3) is 0 Å². The highest BCUT2D eigenvalue weighted by molar-refractivity contribution is 5.69. The Morgan fingerprint density at radius 3 is 2.32 bits per heavy atom. The molecule has 2 heterocycles. The number of hydrogen-bond acceptors (Lipinski definition) is 3. The molecule has 2 unspecified atom stereocenters. The van der Waals surface area contributed by atoms with Gasteiger partial charge < -0.3 is 14.5 Å². The Bertz CT molecular complexity index is 299. The summed E-state index contributed by atoms with van der Waals surface area (Å²) in [5.41, 5.74) is -0.393. The van der Waals surface area contributed by atoms with Crippen molar-refractivity contribution in [2.75, 3.05) is 26.7 Å². The average Bonchev–Trinajstić information content (AvgIpc) is 2.72. The van der Waals surface area contributed by atoms with Crippen LogP contribution in [0.4, 0.5) is 4.79 Å². The molecule has 2 aliphatic heterocycles. The third-order valence-corrected chi connectivity index (χ3v) is 3.69. The first-order chi connectivity index (χ1) is 8.87. The molecule has 0 bridgehead atoms. The minimum absolute atomic E-state index is 0.139. The Labute approximate surface area is 118 Å². The van der Waals surface area contributed by atoms with Crippen LogP contribution in [0.1, 0.15) is 47.5 Å². The van der Waals surface area contributed by atoms with E-state index < -0.39 is 5.60 Å². The highest BCUT2D eigenvalue weighted by Crippen LogP contribution is 2.32. The summed E-state index contributed by atoms with van der Waals surface area (Å²) >= 11 is 0. The van der Waals surface area contributed by atoms with Crippen molar-refractivity contribution in [3.05, 3.63) is 0 Å². The highest BCUT2D eigenvalue weighted by Gasteiger charge is 2.41. The van der Waals surface area contributed by atoms with E-state index in [1.54, 1.807) is 0 Å². The monoisotopic (exact) mass is 270 g/mol. The number of amides is 1. The number of piperidine rings is 1. The van der Waals surface area contributed by atoms with Gasteiger partial charge in [0, 0.05) is 13.1 Å². The van der Waals surface area contributed by atoms with E-state index in [-0.39, 0.29) is 6.09 Å². The predicted octanol–water partition coefficient (Wildman–Crippen LogP) is 2.97. The van der Waals surface area contributed by atoms with Gasteiger partial charge in [-0.1, -0.05) is 13.8 Å². The molecule has 2 aliphatic rings. The molecule has 0 radical (unpaired) electrons. The number of likely N-dealkylation sites (N-methyl/N-ethyl adjacent to an activating group) is 1. The largest absolute Gasteiger partial charge is 0.444 e. The third kappa shape index (κ3) is 4.37. The van der Waals surface area contributed by atoms with E-state index in [0.717, 1.165) is 26.1 Å². The molecule has 0 saturated carbocycles. The van der Waals surface area contributed by atoms with Crippen molar-refractivity contribution in [1.82, 2.24) is 9.80 Å². The third-order valence-electron chi connectivity index (χ3n) is 3.69. The van der Waals surface area contributed by atoms with Crippen LogP contribution in [-0.4, -0.2) is 54.2 Å². The maximum Gasteiger partial charge on any atom is 0.410 e. The van der Waals surface area contributed by atoms with Crippen molar-refractivity contribution in [2.24, 2.45) is 5.92 Å². The van der Waals surface area contributed by atoms with Crippen LogP contribution in [0.15, 0.2) is 0 Å². The number of likely N-dealkylation sites (tertiary alicyclic amines) is 2. The second-order valence-electron chi connectivity index (χ2n) is 6.34. The zero-order valence-electron chi connectivity index (χ0n) is 13.4. The van der Waals surface area contributed by atoms with Crippen molar-refractivity contribution < 1.29 is 9.53 Å². The fourth-order valence-electron chi connectivity index (χ4n) is 2.85. The first kappa shape index (κ1) is 16.3. The number of carbonyl (C=O) groups excluding carboxylic acids is 1. The van der Waals surface area contributed by atoms with Crippen molar-refractivity contribution >= 4 is 6.09 Å². The molecule has 2 rings (SSSR count). The zero-order chi connectivity index (χ0) is 14.6. The normalized spacial score (nSPS) is 27.4. The molecule has 0 N–H and O–H groups in total. The van der Waals surface area contributed by atoms with Crippen LogP contribution in [0.5, 0.6) is 0 Å². The Hall–Kier alpha value is -0.770. The van der Waals surface area contributed by atoms with Gasteiger partial charge in [0.25, 0.3) is 0 Å². The Balaban J connectivity index is 0.000000861. The maximum absolute atomic E-state index is 12.1. The van der Waals surface area contributed by atoms with Crippen LogP contribution in [0, 0.1) is 5.92 Å². The molecule has 19 heavy (non-hydrogen) atoms. The lowest BCUT2D eigenvalue weighted by Gasteiger charge is -2.37. The molecule has 0 aliphatic carbocycles. The van der Waals surface area contributed by atoms with Crippen LogP contribution in [0.3, 0.4) is 0 Å². The predicted molar refractivity (Wildman–Crippen MR) is 78.3 cm³/mol. The summed E-state index contributed by atoms with van der Waals surface area (Å²) in [6.45, 7) is 12.8. The quantitative estimate of drug-likeness (QED) is 0.678. The summed E-state index contributed by atoms with van der Waals surface area (Å²) in [6.07, 6.45) is 2.21. The molecule has 112 valence electrons. The fraction of sp³-hybridized carbons (Fsp3) is 0.933. The molecule has 0 spiro atoms. The van der Waals surface area contributed by atoms with E-state index >= 15 is 0 Å². The van der Waals surface area contributed by atoms with Gasteiger partial charge in [0.15, 0.2) is 0 Å². The van der Waals surface area contributed by atoms with Gasteiger partial charge in [-0.3, -0.25) is 0 Å². The van der Waals surface area contributed by atoms with E-state index in [2.05, 4.69) is 11.9 Å². The van der Waals surface area contributed by atoms with Gasteiger partial charge in [-0.25, -0.2) is 4.79 Å². The molecule has 1 amide bonds.